The maximum Gasteiger partial charge on any atom is 0.261 e. The number of aromatic nitrogens is 2. The van der Waals surface area contributed by atoms with Gasteiger partial charge in [0.15, 0.2) is 11.6 Å². The summed E-state index contributed by atoms with van der Waals surface area (Å²) in [6, 6.07) is 3.67. The van der Waals surface area contributed by atoms with Crippen molar-refractivity contribution in [2.24, 2.45) is 0 Å². The first kappa shape index (κ1) is 21.0. The minimum atomic E-state index is -0.0140. The quantitative estimate of drug-likeness (QED) is 0.584. The van der Waals surface area contributed by atoms with Gasteiger partial charge < -0.3 is 14.6 Å². The van der Waals surface area contributed by atoms with Gasteiger partial charge in [-0.15, -0.1) is 11.3 Å². The summed E-state index contributed by atoms with van der Waals surface area (Å²) < 4.78 is 5.45. The van der Waals surface area contributed by atoms with E-state index in [-0.39, 0.29) is 11.4 Å². The van der Waals surface area contributed by atoms with Crippen LogP contribution in [-0.2, 0) is 0 Å². The van der Waals surface area contributed by atoms with E-state index in [2.05, 4.69) is 34.3 Å². The largest absolute Gasteiger partial charge is 0.461 e. The number of nitrogens with one attached hydrogen (secondary N) is 1. The zero-order valence-corrected chi connectivity index (χ0v) is 19.1. The number of thiophene rings is 1. The highest BCUT2D eigenvalue weighted by Gasteiger charge is 2.34. The second kappa shape index (κ2) is 8.47. The molecule has 1 N–H and O–H groups in total. The van der Waals surface area contributed by atoms with E-state index in [9.17, 15) is 4.79 Å². The third-order valence-corrected chi connectivity index (χ3v) is 7.66. The molecule has 3 heterocycles. The maximum atomic E-state index is 13.2. The van der Waals surface area contributed by atoms with Gasteiger partial charge in [-0.25, -0.2) is 9.97 Å². The topological polar surface area (TPSA) is 71.3 Å². The standard InChI is InChI=1S/C23H30N4O2S/c1-15-18-16(2)25-20(17-10-9-13-29-17)26-22(18)30-19(15)21(28)24-14-23(27(3)4)11-7-5-6-8-12-23/h9-10,13H,5-8,11-12,14H2,1-4H3,(H,24,28). The minimum Gasteiger partial charge on any atom is -0.461 e. The van der Waals surface area contributed by atoms with E-state index in [0.717, 1.165) is 39.2 Å². The highest BCUT2D eigenvalue weighted by Crippen LogP contribution is 2.34. The van der Waals surface area contributed by atoms with Crippen molar-refractivity contribution in [3.05, 3.63) is 34.5 Å². The number of aryl methyl sites for hydroxylation is 2. The number of hydrogen-bond acceptors (Lipinski definition) is 6. The number of hydrogen-bond donors (Lipinski definition) is 1. The van der Waals surface area contributed by atoms with Crippen LogP contribution in [0.4, 0.5) is 0 Å². The highest BCUT2D eigenvalue weighted by atomic mass is 32.1. The number of likely N-dealkylation sites (N-methyl/N-ethyl adjacent to an activating group) is 1. The SMILES string of the molecule is Cc1nc(-c2ccco2)nc2sc(C(=O)NCC3(N(C)C)CCCCCC3)c(C)c12. The fraction of sp³-hybridized carbons (Fsp3) is 0.522. The molecule has 7 heteroatoms. The van der Waals surface area contributed by atoms with Crippen molar-refractivity contribution in [3.63, 3.8) is 0 Å². The van der Waals surface area contributed by atoms with Gasteiger partial charge in [0.1, 0.15) is 4.83 Å². The van der Waals surface area contributed by atoms with Crippen molar-refractivity contribution in [1.29, 1.82) is 0 Å². The normalized spacial score (nSPS) is 16.7. The van der Waals surface area contributed by atoms with Crippen molar-refractivity contribution in [3.8, 4) is 11.6 Å². The first-order valence-electron chi connectivity index (χ1n) is 10.7. The Kier molecular flexibility index (Phi) is 5.93. The van der Waals surface area contributed by atoms with Crippen LogP contribution >= 0.6 is 11.3 Å². The lowest BCUT2D eigenvalue weighted by Gasteiger charge is -2.39. The molecule has 0 unspecified atom stereocenters. The first-order chi connectivity index (χ1) is 14.4. The predicted molar refractivity (Wildman–Crippen MR) is 121 cm³/mol. The number of nitrogens with zero attached hydrogens (tertiary/aromatic N) is 3. The van der Waals surface area contributed by atoms with E-state index in [4.69, 9.17) is 4.42 Å². The summed E-state index contributed by atoms with van der Waals surface area (Å²) in [5.74, 6) is 1.18. The average Bonchev–Trinajstić information content (AvgIpc) is 3.29. The van der Waals surface area contributed by atoms with Crippen LogP contribution < -0.4 is 5.32 Å². The highest BCUT2D eigenvalue weighted by molar-refractivity contribution is 7.20. The lowest BCUT2D eigenvalue weighted by atomic mass is 9.88. The molecule has 0 radical (unpaired) electrons. The summed E-state index contributed by atoms with van der Waals surface area (Å²) in [6.45, 7) is 4.63. The fourth-order valence-corrected chi connectivity index (χ4v) is 5.71. The molecule has 0 aromatic carbocycles. The van der Waals surface area contributed by atoms with Crippen LogP contribution in [0.25, 0.3) is 21.8 Å². The fourth-order valence-electron chi connectivity index (χ4n) is 4.57. The summed E-state index contributed by atoms with van der Waals surface area (Å²) in [7, 11) is 4.27. The van der Waals surface area contributed by atoms with Gasteiger partial charge in [0.05, 0.1) is 16.8 Å². The molecule has 160 valence electrons. The molecule has 6 nitrogen and oxygen atoms in total. The summed E-state index contributed by atoms with van der Waals surface area (Å²) in [4.78, 5) is 26.3. The minimum absolute atomic E-state index is 0.0140. The Morgan fingerprint density at radius 3 is 2.57 bits per heavy atom. The first-order valence-corrected chi connectivity index (χ1v) is 11.5. The second-order valence-corrected chi connectivity index (χ2v) is 9.56. The van der Waals surface area contributed by atoms with Crippen molar-refractivity contribution < 1.29 is 9.21 Å². The van der Waals surface area contributed by atoms with E-state index in [1.165, 1.54) is 37.0 Å². The van der Waals surface area contributed by atoms with Crippen LogP contribution in [0.1, 0.15) is 59.5 Å². The Hall–Kier alpha value is -2.25. The molecule has 1 saturated carbocycles. The zero-order chi connectivity index (χ0) is 21.3. The van der Waals surface area contributed by atoms with Gasteiger partial charge in [0, 0.05) is 17.5 Å². The molecule has 30 heavy (non-hydrogen) atoms. The maximum absolute atomic E-state index is 13.2. The van der Waals surface area contributed by atoms with Gasteiger partial charge in [-0.05, 0) is 58.5 Å². The molecule has 0 bridgehead atoms. The molecule has 1 amide bonds. The number of rotatable bonds is 5. The lowest BCUT2D eigenvalue weighted by Crippen LogP contribution is -2.52. The second-order valence-electron chi connectivity index (χ2n) is 8.56. The molecule has 3 aromatic rings. The molecule has 4 rings (SSSR count). The Morgan fingerprint density at radius 2 is 1.93 bits per heavy atom. The van der Waals surface area contributed by atoms with Crippen LogP contribution in [-0.4, -0.2) is 47.0 Å². The molecular formula is C23H30N4O2S. The lowest BCUT2D eigenvalue weighted by molar-refractivity contribution is 0.0872. The molecule has 1 aliphatic rings. The van der Waals surface area contributed by atoms with Crippen LogP contribution in [0.15, 0.2) is 22.8 Å². The van der Waals surface area contributed by atoms with E-state index < -0.39 is 0 Å². The number of fused-ring (bicyclic) bond motifs is 1. The molecule has 1 fully saturated rings. The van der Waals surface area contributed by atoms with Gasteiger partial charge in [0.25, 0.3) is 5.91 Å². The summed E-state index contributed by atoms with van der Waals surface area (Å²) in [6.07, 6.45) is 8.89. The zero-order valence-electron chi connectivity index (χ0n) is 18.2. The average molecular weight is 427 g/mol. The van der Waals surface area contributed by atoms with Crippen molar-refractivity contribution in [2.45, 2.75) is 57.9 Å². The Morgan fingerprint density at radius 1 is 1.20 bits per heavy atom. The number of amides is 1. The van der Waals surface area contributed by atoms with E-state index in [0.29, 0.717) is 18.1 Å². The van der Waals surface area contributed by atoms with Gasteiger partial charge in [-0.2, -0.15) is 0 Å². The predicted octanol–water partition coefficient (Wildman–Crippen LogP) is 4.95. The molecule has 0 saturated heterocycles. The van der Waals surface area contributed by atoms with Gasteiger partial charge in [0.2, 0.25) is 0 Å². The third kappa shape index (κ3) is 3.88. The van der Waals surface area contributed by atoms with Crippen LogP contribution in [0.2, 0.25) is 0 Å². The monoisotopic (exact) mass is 426 g/mol. The van der Waals surface area contributed by atoms with Gasteiger partial charge >= 0.3 is 0 Å². The Balaban J connectivity index is 1.60. The van der Waals surface area contributed by atoms with E-state index in [1.807, 2.05) is 26.0 Å². The van der Waals surface area contributed by atoms with Crippen molar-refractivity contribution in [2.75, 3.05) is 20.6 Å². The van der Waals surface area contributed by atoms with Crippen molar-refractivity contribution >= 4 is 27.5 Å². The number of carbonyl (C=O) groups is 1. The van der Waals surface area contributed by atoms with Crippen LogP contribution in [0.3, 0.4) is 0 Å². The van der Waals surface area contributed by atoms with Crippen molar-refractivity contribution in [1.82, 2.24) is 20.2 Å². The number of carbonyl (C=O) groups excluding carboxylic acids is 1. The van der Waals surface area contributed by atoms with Crippen LogP contribution in [0, 0.1) is 13.8 Å². The molecule has 0 spiro atoms. The Bertz CT molecular complexity index is 1030. The summed E-state index contributed by atoms with van der Waals surface area (Å²) >= 11 is 1.44. The molecule has 1 aliphatic carbocycles. The molecule has 0 atom stereocenters. The number of furan rings is 1. The van der Waals surface area contributed by atoms with Crippen LogP contribution in [0.5, 0.6) is 0 Å². The molecule has 3 aromatic heterocycles. The third-order valence-electron chi connectivity index (χ3n) is 6.48. The smallest absolute Gasteiger partial charge is 0.261 e. The summed E-state index contributed by atoms with van der Waals surface area (Å²) in [5.41, 5.74) is 1.86. The van der Waals surface area contributed by atoms with E-state index in [1.54, 1.807) is 6.26 Å². The Labute approximate surface area is 181 Å². The summed E-state index contributed by atoms with van der Waals surface area (Å²) in [5, 5.41) is 4.21. The van der Waals surface area contributed by atoms with E-state index >= 15 is 0 Å². The molecular weight excluding hydrogens is 396 g/mol. The van der Waals surface area contributed by atoms with Gasteiger partial charge in [-0.3, -0.25) is 4.79 Å². The molecule has 0 aliphatic heterocycles. The van der Waals surface area contributed by atoms with Gasteiger partial charge in [-0.1, -0.05) is 25.7 Å².